The zero-order valence-corrected chi connectivity index (χ0v) is 11.1. The van der Waals surface area contributed by atoms with Crippen molar-refractivity contribution in [1.82, 2.24) is 0 Å². The van der Waals surface area contributed by atoms with E-state index in [4.69, 9.17) is 0 Å². The van der Waals surface area contributed by atoms with Gasteiger partial charge in [0.25, 0.3) is 0 Å². The smallest absolute Gasteiger partial charge is 0.129 e. The molecule has 1 N–H and O–H groups in total. The van der Waals surface area contributed by atoms with Crippen molar-refractivity contribution in [3.8, 4) is 0 Å². The van der Waals surface area contributed by atoms with Gasteiger partial charge in [-0.15, -0.1) is 0 Å². The lowest BCUT2D eigenvalue weighted by Gasteiger charge is -2.21. The second-order valence-electron chi connectivity index (χ2n) is 4.82. The van der Waals surface area contributed by atoms with E-state index in [0.29, 0.717) is 5.56 Å². The first-order valence-electron chi connectivity index (χ1n) is 6.70. The Labute approximate surface area is 108 Å². The molecule has 1 aromatic carbocycles. The molecule has 0 saturated carbocycles. The normalized spacial score (nSPS) is 14.5. The van der Waals surface area contributed by atoms with E-state index in [1.165, 1.54) is 12.1 Å². The van der Waals surface area contributed by atoms with Crippen LogP contribution in [-0.2, 0) is 6.42 Å². The Hall–Kier alpha value is -0.960. The Kier molecular flexibility index (Phi) is 6.27. The largest absolute Gasteiger partial charge is 0.392 e. The maximum absolute atomic E-state index is 13.5. The van der Waals surface area contributed by atoms with Gasteiger partial charge in [0.15, 0.2) is 0 Å². The minimum atomic E-state index is -0.580. The summed E-state index contributed by atoms with van der Waals surface area (Å²) in [7, 11) is 0. The van der Waals surface area contributed by atoms with E-state index in [-0.39, 0.29) is 12.3 Å². The fourth-order valence-electron chi connectivity index (χ4n) is 2.21. The number of aliphatic hydroxyl groups excluding tert-OH is 1. The monoisotopic (exact) mass is 256 g/mol. The first kappa shape index (κ1) is 15.1. The third-order valence-corrected chi connectivity index (χ3v) is 3.44. The van der Waals surface area contributed by atoms with Gasteiger partial charge in [0.2, 0.25) is 0 Å². The van der Waals surface area contributed by atoms with E-state index < -0.39 is 17.7 Å². The molecule has 2 unspecified atom stereocenters. The molecule has 0 bridgehead atoms. The van der Waals surface area contributed by atoms with Crippen molar-refractivity contribution in [1.29, 1.82) is 0 Å². The predicted molar refractivity (Wildman–Crippen MR) is 69.4 cm³/mol. The number of aliphatic hydroxyl groups is 1. The van der Waals surface area contributed by atoms with Crippen LogP contribution in [0.1, 0.15) is 45.1 Å². The summed E-state index contributed by atoms with van der Waals surface area (Å²) >= 11 is 0. The van der Waals surface area contributed by atoms with Gasteiger partial charge in [-0.3, -0.25) is 0 Å². The van der Waals surface area contributed by atoms with Crippen LogP contribution < -0.4 is 0 Å². The predicted octanol–water partition coefficient (Wildman–Crippen LogP) is 4.08. The SMILES string of the molecule is CCCCC(CC)C(O)Cc1ccc(F)cc1F. The van der Waals surface area contributed by atoms with E-state index in [1.807, 2.05) is 6.92 Å². The molecule has 2 atom stereocenters. The van der Waals surface area contributed by atoms with Crippen molar-refractivity contribution in [3.63, 3.8) is 0 Å². The van der Waals surface area contributed by atoms with Crippen LogP contribution in [0.5, 0.6) is 0 Å². The van der Waals surface area contributed by atoms with E-state index in [1.54, 1.807) is 0 Å². The van der Waals surface area contributed by atoms with Gasteiger partial charge in [-0.05, 0) is 24.0 Å². The second kappa shape index (κ2) is 7.47. The molecule has 1 nitrogen and oxygen atoms in total. The first-order valence-corrected chi connectivity index (χ1v) is 6.70. The number of unbranched alkanes of at least 4 members (excludes halogenated alkanes) is 1. The molecule has 0 amide bonds. The summed E-state index contributed by atoms with van der Waals surface area (Å²) < 4.78 is 26.3. The molecule has 0 fully saturated rings. The zero-order valence-electron chi connectivity index (χ0n) is 11.1. The molecule has 0 aromatic heterocycles. The molecular weight excluding hydrogens is 234 g/mol. The molecule has 102 valence electrons. The molecular formula is C15H22F2O. The summed E-state index contributed by atoms with van der Waals surface area (Å²) in [6, 6.07) is 3.52. The highest BCUT2D eigenvalue weighted by molar-refractivity contribution is 5.19. The Balaban J connectivity index is 2.64. The van der Waals surface area contributed by atoms with Crippen LogP contribution in [0.4, 0.5) is 8.78 Å². The van der Waals surface area contributed by atoms with Gasteiger partial charge in [-0.2, -0.15) is 0 Å². The maximum atomic E-state index is 13.5. The van der Waals surface area contributed by atoms with E-state index in [0.717, 1.165) is 31.7 Å². The van der Waals surface area contributed by atoms with Crippen molar-refractivity contribution < 1.29 is 13.9 Å². The lowest BCUT2D eigenvalue weighted by molar-refractivity contribution is 0.0978. The van der Waals surface area contributed by atoms with Gasteiger partial charge >= 0.3 is 0 Å². The quantitative estimate of drug-likeness (QED) is 0.779. The molecule has 18 heavy (non-hydrogen) atoms. The average Bonchev–Trinajstić information content (AvgIpc) is 2.34. The van der Waals surface area contributed by atoms with E-state index >= 15 is 0 Å². The van der Waals surface area contributed by atoms with Crippen molar-refractivity contribution in [2.75, 3.05) is 0 Å². The fraction of sp³-hybridized carbons (Fsp3) is 0.600. The van der Waals surface area contributed by atoms with E-state index in [2.05, 4.69) is 6.92 Å². The van der Waals surface area contributed by atoms with E-state index in [9.17, 15) is 13.9 Å². The summed E-state index contributed by atoms with van der Waals surface area (Å²) in [4.78, 5) is 0. The van der Waals surface area contributed by atoms with Crippen LogP contribution in [0.25, 0.3) is 0 Å². The molecule has 0 heterocycles. The third kappa shape index (κ3) is 4.37. The van der Waals surface area contributed by atoms with Crippen molar-refractivity contribution in [2.24, 2.45) is 5.92 Å². The summed E-state index contributed by atoms with van der Waals surface area (Å²) in [5.41, 5.74) is 0.388. The van der Waals surface area contributed by atoms with Crippen LogP contribution in [-0.4, -0.2) is 11.2 Å². The standard InChI is InChI=1S/C15H22F2O/c1-3-5-6-11(4-2)15(18)9-12-7-8-13(16)10-14(12)17/h7-8,10-11,15,18H,3-6,9H2,1-2H3. The highest BCUT2D eigenvalue weighted by atomic mass is 19.1. The molecule has 0 aliphatic rings. The minimum absolute atomic E-state index is 0.189. The first-order chi connectivity index (χ1) is 8.58. The molecule has 0 radical (unpaired) electrons. The lowest BCUT2D eigenvalue weighted by Crippen LogP contribution is -2.23. The van der Waals surface area contributed by atoms with Gasteiger partial charge < -0.3 is 5.11 Å². The number of halogens is 2. The second-order valence-corrected chi connectivity index (χ2v) is 4.82. The summed E-state index contributed by atoms with van der Waals surface area (Å²) in [6.07, 6.45) is 3.70. The Morgan fingerprint density at radius 2 is 1.94 bits per heavy atom. The molecule has 0 spiro atoms. The molecule has 0 saturated heterocycles. The summed E-state index contributed by atoms with van der Waals surface area (Å²) in [6.45, 7) is 4.14. The third-order valence-electron chi connectivity index (χ3n) is 3.44. The molecule has 1 rings (SSSR count). The molecule has 0 aliphatic heterocycles. The highest BCUT2D eigenvalue weighted by Gasteiger charge is 2.18. The highest BCUT2D eigenvalue weighted by Crippen LogP contribution is 2.21. The van der Waals surface area contributed by atoms with Gasteiger partial charge in [0.1, 0.15) is 11.6 Å². The minimum Gasteiger partial charge on any atom is -0.392 e. The van der Waals surface area contributed by atoms with Gasteiger partial charge in [0.05, 0.1) is 6.10 Å². The average molecular weight is 256 g/mol. The zero-order chi connectivity index (χ0) is 13.5. The summed E-state index contributed by atoms with van der Waals surface area (Å²) in [5, 5.41) is 10.1. The number of hydrogen-bond donors (Lipinski definition) is 1. The molecule has 0 aliphatic carbocycles. The summed E-state index contributed by atoms with van der Waals surface area (Å²) in [5.74, 6) is -0.961. The number of rotatable bonds is 7. The van der Waals surface area contributed by atoms with Crippen molar-refractivity contribution in [2.45, 2.75) is 52.1 Å². The number of benzene rings is 1. The van der Waals surface area contributed by atoms with Crippen LogP contribution >= 0.6 is 0 Å². The molecule has 1 aromatic rings. The maximum Gasteiger partial charge on any atom is 0.129 e. The lowest BCUT2D eigenvalue weighted by atomic mass is 9.89. The van der Waals surface area contributed by atoms with Gasteiger partial charge in [-0.25, -0.2) is 8.78 Å². The van der Waals surface area contributed by atoms with Gasteiger partial charge in [-0.1, -0.05) is 39.2 Å². The molecule has 3 heteroatoms. The Morgan fingerprint density at radius 1 is 1.22 bits per heavy atom. The topological polar surface area (TPSA) is 20.2 Å². The van der Waals surface area contributed by atoms with Gasteiger partial charge in [0, 0.05) is 12.5 Å². The van der Waals surface area contributed by atoms with Crippen LogP contribution in [0, 0.1) is 17.6 Å². The Bertz CT molecular complexity index is 366. The van der Waals surface area contributed by atoms with Crippen LogP contribution in [0.15, 0.2) is 18.2 Å². The van der Waals surface area contributed by atoms with Crippen LogP contribution in [0.3, 0.4) is 0 Å². The van der Waals surface area contributed by atoms with Crippen molar-refractivity contribution >= 4 is 0 Å². The number of hydrogen-bond acceptors (Lipinski definition) is 1. The van der Waals surface area contributed by atoms with Crippen molar-refractivity contribution in [3.05, 3.63) is 35.4 Å². The Morgan fingerprint density at radius 3 is 2.50 bits per heavy atom. The van der Waals surface area contributed by atoms with Crippen LogP contribution in [0.2, 0.25) is 0 Å². The fourth-order valence-corrected chi connectivity index (χ4v) is 2.21.